The van der Waals surface area contributed by atoms with Crippen LogP contribution in [0.5, 0.6) is 0 Å². The number of aliphatic hydroxyl groups excluding tert-OH is 1. The smallest absolute Gasteiger partial charge is 0.137 e. The Bertz CT molecular complexity index is 394. The van der Waals surface area contributed by atoms with Gasteiger partial charge in [0.25, 0.3) is 0 Å². The largest absolute Gasteiger partial charge is 0.393 e. The third-order valence-electron chi connectivity index (χ3n) is 3.69. The van der Waals surface area contributed by atoms with Crippen molar-refractivity contribution in [3.8, 4) is 0 Å². The lowest BCUT2D eigenvalue weighted by molar-refractivity contribution is 0.0519. The lowest BCUT2D eigenvalue weighted by Gasteiger charge is -2.31. The number of hydrogen-bond acceptors (Lipinski definition) is 1. The van der Waals surface area contributed by atoms with Crippen LogP contribution in [0.1, 0.15) is 31.7 Å². The highest BCUT2D eigenvalue weighted by molar-refractivity contribution is 9.10. The van der Waals surface area contributed by atoms with Gasteiger partial charge in [-0.05, 0) is 71.1 Å². The Morgan fingerprint density at radius 1 is 1.41 bits per heavy atom. The van der Waals surface area contributed by atoms with Gasteiger partial charge in [0.15, 0.2) is 0 Å². The molecule has 2 rings (SSSR count). The maximum atomic E-state index is 13.1. The molecule has 1 N–H and O–H groups in total. The highest BCUT2D eigenvalue weighted by Gasteiger charge is 2.27. The van der Waals surface area contributed by atoms with Crippen molar-refractivity contribution in [1.29, 1.82) is 0 Å². The van der Waals surface area contributed by atoms with Crippen LogP contribution in [0.3, 0.4) is 0 Å². The van der Waals surface area contributed by atoms with Gasteiger partial charge in [0.05, 0.1) is 10.6 Å². The summed E-state index contributed by atoms with van der Waals surface area (Å²) in [6.07, 6.45) is 3.72. The summed E-state index contributed by atoms with van der Waals surface area (Å²) in [6.45, 7) is 2.24. The molecule has 1 aliphatic rings. The number of aliphatic hydroxyl groups is 1. The van der Waals surface area contributed by atoms with Gasteiger partial charge >= 0.3 is 0 Å². The first-order valence-corrected chi connectivity index (χ1v) is 6.97. The summed E-state index contributed by atoms with van der Waals surface area (Å²) >= 11 is 3.20. The second kappa shape index (κ2) is 5.49. The molecule has 0 saturated heterocycles. The Balaban J connectivity index is 2.06. The molecule has 0 aromatic heterocycles. The van der Waals surface area contributed by atoms with Crippen LogP contribution in [0.2, 0.25) is 0 Å². The van der Waals surface area contributed by atoms with Crippen LogP contribution in [-0.2, 0) is 6.42 Å². The predicted molar refractivity (Wildman–Crippen MR) is 70.3 cm³/mol. The van der Waals surface area contributed by atoms with Gasteiger partial charge in [0.1, 0.15) is 5.82 Å². The minimum Gasteiger partial charge on any atom is -0.393 e. The molecule has 1 aromatic carbocycles. The fourth-order valence-corrected chi connectivity index (χ4v) is 3.10. The Morgan fingerprint density at radius 2 is 2.18 bits per heavy atom. The first-order chi connectivity index (χ1) is 8.06. The lowest BCUT2D eigenvalue weighted by Crippen LogP contribution is -2.29. The molecule has 1 aromatic rings. The van der Waals surface area contributed by atoms with Gasteiger partial charge in [0, 0.05) is 0 Å². The number of benzene rings is 1. The molecule has 0 bridgehead atoms. The van der Waals surface area contributed by atoms with E-state index in [1.807, 2.05) is 12.1 Å². The third-order valence-corrected chi connectivity index (χ3v) is 4.29. The van der Waals surface area contributed by atoms with Gasteiger partial charge in [-0.2, -0.15) is 0 Å². The highest BCUT2D eigenvalue weighted by atomic mass is 79.9. The summed E-state index contributed by atoms with van der Waals surface area (Å²) in [6, 6.07) is 5.12. The fourth-order valence-electron chi connectivity index (χ4n) is 2.67. The van der Waals surface area contributed by atoms with E-state index in [0.29, 0.717) is 16.3 Å². The van der Waals surface area contributed by atoms with Crippen LogP contribution in [0.4, 0.5) is 4.39 Å². The molecule has 1 fully saturated rings. The van der Waals surface area contributed by atoms with E-state index in [0.717, 1.165) is 31.2 Å². The van der Waals surface area contributed by atoms with Gasteiger partial charge in [-0.15, -0.1) is 0 Å². The Morgan fingerprint density at radius 3 is 2.88 bits per heavy atom. The second-order valence-electron chi connectivity index (χ2n) is 5.20. The molecule has 0 amide bonds. The molecule has 1 saturated carbocycles. The van der Waals surface area contributed by atoms with Crippen molar-refractivity contribution in [2.45, 2.75) is 38.7 Å². The zero-order valence-corrected chi connectivity index (χ0v) is 11.6. The maximum absolute atomic E-state index is 13.1. The van der Waals surface area contributed by atoms with Crippen molar-refractivity contribution in [2.24, 2.45) is 11.8 Å². The summed E-state index contributed by atoms with van der Waals surface area (Å²) in [5, 5.41) is 9.99. The van der Waals surface area contributed by atoms with Crippen LogP contribution in [0.15, 0.2) is 22.7 Å². The van der Waals surface area contributed by atoms with Crippen LogP contribution in [0.25, 0.3) is 0 Å². The van der Waals surface area contributed by atoms with E-state index >= 15 is 0 Å². The first-order valence-electron chi connectivity index (χ1n) is 6.18. The highest BCUT2D eigenvalue weighted by Crippen LogP contribution is 2.32. The van der Waals surface area contributed by atoms with Crippen molar-refractivity contribution in [3.63, 3.8) is 0 Å². The molecule has 17 heavy (non-hydrogen) atoms. The van der Waals surface area contributed by atoms with Crippen molar-refractivity contribution in [1.82, 2.24) is 0 Å². The standard InChI is InChI=1S/C14H18BrFO/c1-9-2-5-14(17)11(6-9)7-10-3-4-13(16)12(15)8-10/h3-4,8-9,11,14,17H,2,5-7H2,1H3. The van der Waals surface area contributed by atoms with Crippen LogP contribution in [-0.4, -0.2) is 11.2 Å². The average molecular weight is 301 g/mol. The molecular formula is C14H18BrFO. The Kier molecular flexibility index (Phi) is 4.21. The second-order valence-corrected chi connectivity index (χ2v) is 6.05. The fraction of sp³-hybridized carbons (Fsp3) is 0.571. The zero-order chi connectivity index (χ0) is 12.4. The van der Waals surface area contributed by atoms with Crippen LogP contribution < -0.4 is 0 Å². The van der Waals surface area contributed by atoms with E-state index in [1.165, 1.54) is 6.07 Å². The third kappa shape index (κ3) is 3.29. The summed E-state index contributed by atoms with van der Waals surface area (Å²) in [5.74, 6) is 0.773. The Hall–Kier alpha value is -0.410. The monoisotopic (exact) mass is 300 g/mol. The molecule has 94 valence electrons. The normalized spacial score (nSPS) is 29.3. The van der Waals surface area contributed by atoms with Gasteiger partial charge in [0.2, 0.25) is 0 Å². The van der Waals surface area contributed by atoms with Crippen molar-refractivity contribution in [3.05, 3.63) is 34.1 Å². The van der Waals surface area contributed by atoms with Crippen molar-refractivity contribution >= 4 is 15.9 Å². The van der Waals surface area contributed by atoms with Gasteiger partial charge in [-0.3, -0.25) is 0 Å². The van der Waals surface area contributed by atoms with E-state index in [1.54, 1.807) is 0 Å². The molecular weight excluding hydrogens is 283 g/mol. The molecule has 0 aliphatic heterocycles. The quantitative estimate of drug-likeness (QED) is 0.877. The van der Waals surface area contributed by atoms with Gasteiger partial charge in [-0.1, -0.05) is 13.0 Å². The van der Waals surface area contributed by atoms with E-state index in [4.69, 9.17) is 0 Å². The van der Waals surface area contributed by atoms with E-state index in [2.05, 4.69) is 22.9 Å². The number of halogens is 2. The molecule has 0 radical (unpaired) electrons. The van der Waals surface area contributed by atoms with Crippen LogP contribution in [0, 0.1) is 17.7 Å². The summed E-state index contributed by atoms with van der Waals surface area (Å²) in [4.78, 5) is 0. The lowest BCUT2D eigenvalue weighted by atomic mass is 9.77. The Labute approximate surface area is 110 Å². The molecule has 3 unspecified atom stereocenters. The van der Waals surface area contributed by atoms with E-state index in [-0.39, 0.29) is 11.9 Å². The average Bonchev–Trinajstić information content (AvgIpc) is 2.29. The maximum Gasteiger partial charge on any atom is 0.137 e. The molecule has 1 nitrogen and oxygen atoms in total. The van der Waals surface area contributed by atoms with E-state index in [9.17, 15) is 9.50 Å². The van der Waals surface area contributed by atoms with Crippen molar-refractivity contribution in [2.75, 3.05) is 0 Å². The molecule has 1 aliphatic carbocycles. The number of rotatable bonds is 2. The SMILES string of the molecule is CC1CCC(O)C(Cc2ccc(F)c(Br)c2)C1. The summed E-state index contributed by atoms with van der Waals surface area (Å²) in [7, 11) is 0. The minimum atomic E-state index is -0.230. The summed E-state index contributed by atoms with van der Waals surface area (Å²) in [5.41, 5.74) is 1.09. The molecule has 3 heteroatoms. The molecule has 3 atom stereocenters. The first kappa shape index (κ1) is 13.0. The molecule has 0 spiro atoms. The topological polar surface area (TPSA) is 20.2 Å². The van der Waals surface area contributed by atoms with E-state index < -0.39 is 0 Å². The number of hydrogen-bond donors (Lipinski definition) is 1. The predicted octanol–water partition coefficient (Wildman–Crippen LogP) is 3.93. The van der Waals surface area contributed by atoms with Gasteiger partial charge < -0.3 is 5.11 Å². The minimum absolute atomic E-state index is 0.199. The zero-order valence-electron chi connectivity index (χ0n) is 10.00. The van der Waals surface area contributed by atoms with Crippen LogP contribution >= 0.6 is 15.9 Å². The summed E-state index contributed by atoms with van der Waals surface area (Å²) < 4.78 is 13.6. The van der Waals surface area contributed by atoms with Gasteiger partial charge in [-0.25, -0.2) is 4.39 Å². The van der Waals surface area contributed by atoms with Crippen molar-refractivity contribution < 1.29 is 9.50 Å². The molecule has 0 heterocycles.